The minimum Gasteiger partial charge on any atom is -0.494 e. The largest absolute Gasteiger partial charge is 0.494 e. The van der Waals surface area contributed by atoms with Crippen LogP contribution in [0.15, 0.2) is 29.2 Å². The van der Waals surface area contributed by atoms with Crippen molar-refractivity contribution >= 4 is 10.0 Å². The molecule has 0 saturated carbocycles. The Morgan fingerprint density at radius 2 is 1.37 bits per heavy atom. The summed E-state index contributed by atoms with van der Waals surface area (Å²) in [5.41, 5.74) is 0. The van der Waals surface area contributed by atoms with Crippen molar-refractivity contribution in [2.75, 3.05) is 32.9 Å². The average molecular weight is 402 g/mol. The van der Waals surface area contributed by atoms with E-state index in [0.717, 1.165) is 17.1 Å². The number of unbranched alkanes of at least 4 members (excludes halogenated alkanes) is 7. The summed E-state index contributed by atoms with van der Waals surface area (Å²) in [6.07, 6.45) is 9.90. The van der Waals surface area contributed by atoms with Crippen LogP contribution in [0.3, 0.4) is 0 Å². The Labute approximate surface area is 164 Å². The molecule has 0 aliphatic carbocycles. The number of aliphatic hydroxyl groups is 2. The van der Waals surface area contributed by atoms with Gasteiger partial charge in [-0.2, -0.15) is 4.31 Å². The molecule has 1 aromatic rings. The molecule has 0 aromatic heterocycles. The summed E-state index contributed by atoms with van der Waals surface area (Å²) in [5, 5.41) is 18.0. The summed E-state index contributed by atoms with van der Waals surface area (Å²) in [5.74, 6) is 0.646. The van der Waals surface area contributed by atoms with E-state index in [-0.39, 0.29) is 31.2 Å². The zero-order chi connectivity index (χ0) is 20.0. The fraction of sp³-hybridized carbons (Fsp3) is 0.700. The molecule has 1 rings (SSSR count). The van der Waals surface area contributed by atoms with Gasteiger partial charge in [-0.15, -0.1) is 0 Å². The third-order valence-corrected chi connectivity index (χ3v) is 6.34. The van der Waals surface area contributed by atoms with Crippen molar-refractivity contribution in [1.82, 2.24) is 4.31 Å². The lowest BCUT2D eigenvalue weighted by atomic mass is 10.1. The van der Waals surface area contributed by atoms with Crippen LogP contribution in [0.25, 0.3) is 0 Å². The Morgan fingerprint density at radius 1 is 0.852 bits per heavy atom. The van der Waals surface area contributed by atoms with Crippen LogP contribution >= 0.6 is 0 Å². The van der Waals surface area contributed by atoms with Crippen LogP contribution in [0.5, 0.6) is 5.75 Å². The van der Waals surface area contributed by atoms with Gasteiger partial charge in [-0.3, -0.25) is 0 Å². The van der Waals surface area contributed by atoms with Crippen LogP contribution in [-0.2, 0) is 10.0 Å². The molecule has 0 spiro atoms. The van der Waals surface area contributed by atoms with Gasteiger partial charge in [0.2, 0.25) is 10.0 Å². The highest BCUT2D eigenvalue weighted by atomic mass is 32.2. The van der Waals surface area contributed by atoms with Crippen LogP contribution in [0.2, 0.25) is 0 Å². The molecule has 1 aromatic carbocycles. The Hall–Kier alpha value is -1.15. The summed E-state index contributed by atoms with van der Waals surface area (Å²) in [7, 11) is -3.73. The molecule has 0 saturated heterocycles. The lowest BCUT2D eigenvalue weighted by molar-refractivity contribution is 0.217. The molecule has 156 valence electrons. The van der Waals surface area contributed by atoms with Crippen molar-refractivity contribution in [2.24, 2.45) is 0 Å². The van der Waals surface area contributed by atoms with Gasteiger partial charge >= 0.3 is 0 Å². The summed E-state index contributed by atoms with van der Waals surface area (Å²) in [6.45, 7) is 2.18. The van der Waals surface area contributed by atoms with Crippen LogP contribution in [-0.4, -0.2) is 55.8 Å². The zero-order valence-corrected chi connectivity index (χ0v) is 17.3. The van der Waals surface area contributed by atoms with Gasteiger partial charge in [0.05, 0.1) is 24.7 Å². The van der Waals surface area contributed by atoms with Crippen molar-refractivity contribution < 1.29 is 23.4 Å². The summed E-state index contributed by atoms with van der Waals surface area (Å²) in [6, 6.07) is 6.29. The third-order valence-electron chi connectivity index (χ3n) is 4.43. The van der Waals surface area contributed by atoms with Gasteiger partial charge < -0.3 is 14.9 Å². The Balaban J connectivity index is 2.38. The van der Waals surface area contributed by atoms with Crippen molar-refractivity contribution in [1.29, 1.82) is 0 Å². The van der Waals surface area contributed by atoms with Gasteiger partial charge in [0.1, 0.15) is 5.75 Å². The summed E-state index contributed by atoms with van der Waals surface area (Å²) < 4.78 is 31.8. The predicted molar refractivity (Wildman–Crippen MR) is 107 cm³/mol. The molecule has 0 fully saturated rings. The third kappa shape index (κ3) is 9.06. The predicted octanol–water partition coefficient (Wildman–Crippen LogP) is 3.18. The highest BCUT2D eigenvalue weighted by Gasteiger charge is 2.23. The number of sulfonamides is 1. The molecule has 0 bridgehead atoms. The maximum Gasteiger partial charge on any atom is 0.243 e. The van der Waals surface area contributed by atoms with E-state index in [9.17, 15) is 8.42 Å². The number of aliphatic hydroxyl groups excluding tert-OH is 2. The topological polar surface area (TPSA) is 87.1 Å². The van der Waals surface area contributed by atoms with Crippen molar-refractivity contribution in [3.63, 3.8) is 0 Å². The smallest absolute Gasteiger partial charge is 0.243 e. The van der Waals surface area contributed by atoms with Gasteiger partial charge in [-0.1, -0.05) is 51.9 Å². The zero-order valence-electron chi connectivity index (χ0n) is 16.5. The molecule has 0 aliphatic heterocycles. The molecule has 27 heavy (non-hydrogen) atoms. The quantitative estimate of drug-likeness (QED) is 0.416. The van der Waals surface area contributed by atoms with E-state index in [1.807, 2.05) is 0 Å². The van der Waals surface area contributed by atoms with Gasteiger partial charge in [0.15, 0.2) is 0 Å². The molecule has 0 amide bonds. The van der Waals surface area contributed by atoms with E-state index in [2.05, 4.69) is 6.92 Å². The maximum absolute atomic E-state index is 12.5. The second-order valence-corrected chi connectivity index (χ2v) is 8.58. The fourth-order valence-electron chi connectivity index (χ4n) is 2.86. The standard InChI is InChI=1S/C20H35NO5S/c1-2-3-4-5-6-7-8-9-18-26-19-10-12-20(13-11-19)27(24,25)21(14-16-22)15-17-23/h10-13,22-23H,2-9,14-18H2,1H3. The van der Waals surface area contributed by atoms with Crippen LogP contribution < -0.4 is 4.74 Å². The van der Waals surface area contributed by atoms with E-state index in [0.29, 0.717) is 12.4 Å². The van der Waals surface area contributed by atoms with Gasteiger partial charge in [0, 0.05) is 13.1 Å². The minimum absolute atomic E-state index is 0.0421. The van der Waals surface area contributed by atoms with E-state index < -0.39 is 10.0 Å². The number of rotatable bonds is 16. The van der Waals surface area contributed by atoms with Gasteiger partial charge in [-0.25, -0.2) is 8.42 Å². The molecule has 7 heteroatoms. The van der Waals surface area contributed by atoms with Crippen LogP contribution in [0.4, 0.5) is 0 Å². The second-order valence-electron chi connectivity index (χ2n) is 6.65. The molecule has 0 atom stereocenters. The summed E-state index contributed by atoms with van der Waals surface area (Å²) in [4.78, 5) is 0.129. The Bertz CT molecular complexity index is 583. The number of nitrogens with zero attached hydrogens (tertiary/aromatic N) is 1. The van der Waals surface area contributed by atoms with E-state index >= 15 is 0 Å². The maximum atomic E-state index is 12.5. The van der Waals surface area contributed by atoms with Crippen LogP contribution in [0.1, 0.15) is 58.3 Å². The highest BCUT2D eigenvalue weighted by molar-refractivity contribution is 7.89. The first-order valence-corrected chi connectivity index (χ1v) is 11.4. The molecule has 0 aliphatic rings. The highest BCUT2D eigenvalue weighted by Crippen LogP contribution is 2.20. The van der Waals surface area contributed by atoms with Gasteiger partial charge in [0.25, 0.3) is 0 Å². The number of hydrogen-bond acceptors (Lipinski definition) is 5. The van der Waals surface area contributed by atoms with E-state index in [1.165, 1.54) is 50.7 Å². The second kappa shape index (κ2) is 13.9. The van der Waals surface area contributed by atoms with Gasteiger partial charge in [-0.05, 0) is 30.7 Å². The lowest BCUT2D eigenvalue weighted by Gasteiger charge is -2.20. The Kier molecular flexibility index (Phi) is 12.3. The van der Waals surface area contributed by atoms with E-state index in [1.54, 1.807) is 12.1 Å². The normalized spacial score (nSPS) is 11.9. The monoisotopic (exact) mass is 401 g/mol. The number of ether oxygens (including phenoxy) is 1. The van der Waals surface area contributed by atoms with Crippen LogP contribution in [0, 0.1) is 0 Å². The molecule has 6 nitrogen and oxygen atoms in total. The Morgan fingerprint density at radius 3 is 1.89 bits per heavy atom. The molecule has 2 N–H and O–H groups in total. The summed E-state index contributed by atoms with van der Waals surface area (Å²) >= 11 is 0. The first-order chi connectivity index (χ1) is 13.1. The molecular formula is C20H35NO5S. The molecular weight excluding hydrogens is 366 g/mol. The van der Waals surface area contributed by atoms with Crippen molar-refractivity contribution in [2.45, 2.75) is 63.2 Å². The van der Waals surface area contributed by atoms with E-state index in [4.69, 9.17) is 14.9 Å². The SMILES string of the molecule is CCCCCCCCCCOc1ccc(S(=O)(=O)N(CCO)CCO)cc1. The molecule has 0 heterocycles. The average Bonchev–Trinajstić information content (AvgIpc) is 2.67. The minimum atomic E-state index is -3.73. The van der Waals surface area contributed by atoms with Crippen molar-refractivity contribution in [3.8, 4) is 5.75 Å². The van der Waals surface area contributed by atoms with Crippen molar-refractivity contribution in [3.05, 3.63) is 24.3 Å². The number of benzene rings is 1. The number of hydrogen-bond donors (Lipinski definition) is 2. The molecule has 0 unspecified atom stereocenters. The fourth-order valence-corrected chi connectivity index (χ4v) is 4.28. The molecule has 0 radical (unpaired) electrons. The first-order valence-electron chi connectivity index (χ1n) is 10.0. The first kappa shape index (κ1) is 23.9. The lowest BCUT2D eigenvalue weighted by Crippen LogP contribution is -2.35.